The molecule has 0 spiro atoms. The zero-order valence-corrected chi connectivity index (χ0v) is 11.8. The van der Waals surface area contributed by atoms with Crippen LogP contribution in [0.25, 0.3) is 11.1 Å². The zero-order chi connectivity index (χ0) is 15.6. The van der Waals surface area contributed by atoms with E-state index in [2.05, 4.69) is 0 Å². The molecular formula is C19H15FO2. The van der Waals surface area contributed by atoms with E-state index in [9.17, 15) is 4.79 Å². The minimum Gasteiger partial charge on any atom is -0.481 e. The van der Waals surface area contributed by atoms with Gasteiger partial charge in [0.05, 0.1) is 5.92 Å². The van der Waals surface area contributed by atoms with Crippen molar-refractivity contribution in [2.24, 2.45) is 5.92 Å². The second-order valence-corrected chi connectivity index (χ2v) is 5.26. The third kappa shape index (κ3) is 2.58. The van der Waals surface area contributed by atoms with Crippen LogP contribution in [0.15, 0.2) is 78.9 Å². The van der Waals surface area contributed by atoms with Gasteiger partial charge in [-0.25, -0.2) is 4.39 Å². The Labute approximate surface area is 128 Å². The highest BCUT2D eigenvalue weighted by atomic mass is 19.1. The number of allylic oxidation sites excluding steroid dienone is 2. The summed E-state index contributed by atoms with van der Waals surface area (Å²) in [6, 6.07) is 16.8. The van der Waals surface area contributed by atoms with Gasteiger partial charge in [-0.2, -0.15) is 0 Å². The highest BCUT2D eigenvalue weighted by molar-refractivity contribution is 5.76. The Hall–Kier alpha value is -2.68. The fourth-order valence-corrected chi connectivity index (χ4v) is 2.64. The predicted molar refractivity (Wildman–Crippen MR) is 84.1 cm³/mol. The van der Waals surface area contributed by atoms with Crippen LogP contribution in [0.1, 0.15) is 5.56 Å². The number of hydrogen-bond acceptors (Lipinski definition) is 1. The molecule has 0 saturated heterocycles. The van der Waals surface area contributed by atoms with Crippen molar-refractivity contribution in [1.29, 1.82) is 0 Å². The van der Waals surface area contributed by atoms with E-state index in [1.54, 1.807) is 12.1 Å². The molecule has 0 aliphatic heterocycles. The van der Waals surface area contributed by atoms with Gasteiger partial charge >= 0.3 is 5.97 Å². The van der Waals surface area contributed by atoms with Gasteiger partial charge in [0.2, 0.25) is 0 Å². The molecule has 3 rings (SSSR count). The standard InChI is InChI=1S/C19H15FO2/c20-19(12-10-15(11-13-19)18(21)22)17-9-5-4-8-16(17)14-6-2-1-3-7-14/h1-13,15H,(H,21,22). The van der Waals surface area contributed by atoms with Gasteiger partial charge in [-0.05, 0) is 23.3 Å². The fraction of sp³-hybridized carbons (Fsp3) is 0.105. The van der Waals surface area contributed by atoms with E-state index in [0.717, 1.165) is 11.1 Å². The summed E-state index contributed by atoms with van der Waals surface area (Å²) in [5.74, 6) is -1.75. The highest BCUT2D eigenvalue weighted by Crippen LogP contribution is 2.39. The summed E-state index contributed by atoms with van der Waals surface area (Å²) in [6.07, 6.45) is 5.44. The quantitative estimate of drug-likeness (QED) is 0.855. The first kappa shape index (κ1) is 14.3. The van der Waals surface area contributed by atoms with Crippen molar-refractivity contribution in [3.8, 4) is 11.1 Å². The summed E-state index contributed by atoms with van der Waals surface area (Å²) in [6.45, 7) is 0. The summed E-state index contributed by atoms with van der Waals surface area (Å²) in [4.78, 5) is 11.0. The van der Waals surface area contributed by atoms with E-state index in [0.29, 0.717) is 5.56 Å². The van der Waals surface area contributed by atoms with Crippen molar-refractivity contribution in [3.63, 3.8) is 0 Å². The van der Waals surface area contributed by atoms with Crippen molar-refractivity contribution >= 4 is 5.97 Å². The number of rotatable bonds is 3. The molecule has 2 aromatic carbocycles. The van der Waals surface area contributed by atoms with E-state index >= 15 is 4.39 Å². The fourth-order valence-electron chi connectivity index (χ4n) is 2.64. The van der Waals surface area contributed by atoms with E-state index in [1.807, 2.05) is 42.5 Å². The molecule has 1 aliphatic carbocycles. The van der Waals surface area contributed by atoms with Gasteiger partial charge in [0.25, 0.3) is 0 Å². The lowest BCUT2D eigenvalue weighted by molar-refractivity contribution is -0.138. The number of carboxylic acids is 1. The average molecular weight is 294 g/mol. The lowest BCUT2D eigenvalue weighted by Crippen LogP contribution is -2.21. The van der Waals surface area contributed by atoms with Gasteiger partial charge in [0.15, 0.2) is 5.67 Å². The molecule has 0 aromatic heterocycles. The number of carboxylic acid groups (broad SMARTS) is 1. The van der Waals surface area contributed by atoms with Crippen molar-refractivity contribution in [1.82, 2.24) is 0 Å². The molecule has 0 amide bonds. The number of hydrogen-bond donors (Lipinski definition) is 1. The number of alkyl halides is 1. The number of carbonyl (C=O) groups is 1. The number of benzene rings is 2. The van der Waals surface area contributed by atoms with Crippen LogP contribution >= 0.6 is 0 Å². The second-order valence-electron chi connectivity index (χ2n) is 5.26. The molecule has 0 radical (unpaired) electrons. The Balaban J connectivity index is 2.05. The summed E-state index contributed by atoms with van der Waals surface area (Å²) < 4.78 is 15.3. The minimum absolute atomic E-state index is 0.512. The maximum atomic E-state index is 15.3. The molecule has 0 fully saturated rings. The first-order chi connectivity index (χ1) is 10.6. The molecule has 0 bridgehead atoms. The lowest BCUT2D eigenvalue weighted by atomic mass is 9.84. The molecule has 3 heteroatoms. The molecule has 1 aliphatic rings. The largest absolute Gasteiger partial charge is 0.481 e. The summed E-state index contributed by atoms with van der Waals surface area (Å²) in [5, 5.41) is 8.99. The zero-order valence-electron chi connectivity index (χ0n) is 11.8. The lowest BCUT2D eigenvalue weighted by Gasteiger charge is -2.25. The van der Waals surface area contributed by atoms with Crippen LogP contribution in [0.3, 0.4) is 0 Å². The van der Waals surface area contributed by atoms with Crippen molar-refractivity contribution < 1.29 is 14.3 Å². The third-order valence-electron chi connectivity index (χ3n) is 3.80. The van der Waals surface area contributed by atoms with Crippen molar-refractivity contribution in [2.75, 3.05) is 0 Å². The number of aliphatic carboxylic acids is 1. The third-order valence-corrected chi connectivity index (χ3v) is 3.80. The second kappa shape index (κ2) is 5.60. The van der Waals surface area contributed by atoms with Crippen LogP contribution in [0.2, 0.25) is 0 Å². The minimum atomic E-state index is -1.79. The van der Waals surface area contributed by atoms with Gasteiger partial charge in [-0.1, -0.05) is 66.7 Å². The van der Waals surface area contributed by atoms with Gasteiger partial charge < -0.3 is 5.11 Å². The molecule has 2 aromatic rings. The molecule has 0 unspecified atom stereocenters. The number of halogens is 1. The van der Waals surface area contributed by atoms with Crippen LogP contribution < -0.4 is 0 Å². The Morgan fingerprint density at radius 3 is 2.18 bits per heavy atom. The van der Waals surface area contributed by atoms with Crippen LogP contribution in [0, 0.1) is 5.92 Å². The summed E-state index contributed by atoms with van der Waals surface area (Å²) in [7, 11) is 0. The van der Waals surface area contributed by atoms with Crippen LogP contribution in [-0.2, 0) is 10.5 Å². The normalized spacial score (nSPS) is 23.4. The first-order valence-corrected chi connectivity index (χ1v) is 7.05. The van der Waals surface area contributed by atoms with E-state index in [1.165, 1.54) is 24.3 Å². The molecule has 0 heterocycles. The van der Waals surface area contributed by atoms with E-state index < -0.39 is 17.6 Å². The first-order valence-electron chi connectivity index (χ1n) is 7.05. The Morgan fingerprint density at radius 1 is 0.955 bits per heavy atom. The monoisotopic (exact) mass is 294 g/mol. The predicted octanol–water partition coefficient (Wildman–Crippen LogP) is 4.35. The van der Waals surface area contributed by atoms with Crippen LogP contribution in [0.4, 0.5) is 4.39 Å². The molecule has 22 heavy (non-hydrogen) atoms. The van der Waals surface area contributed by atoms with Crippen LogP contribution in [-0.4, -0.2) is 11.1 Å². The van der Waals surface area contributed by atoms with Crippen LogP contribution in [0.5, 0.6) is 0 Å². The topological polar surface area (TPSA) is 37.3 Å². The van der Waals surface area contributed by atoms with Crippen molar-refractivity contribution in [2.45, 2.75) is 5.67 Å². The smallest absolute Gasteiger partial charge is 0.314 e. The molecule has 2 nitrogen and oxygen atoms in total. The highest BCUT2D eigenvalue weighted by Gasteiger charge is 2.32. The maximum Gasteiger partial charge on any atom is 0.314 e. The van der Waals surface area contributed by atoms with Gasteiger partial charge in [0, 0.05) is 5.56 Å². The van der Waals surface area contributed by atoms with Gasteiger partial charge in [-0.3, -0.25) is 4.79 Å². The molecule has 0 atom stereocenters. The summed E-state index contributed by atoms with van der Waals surface area (Å²) >= 11 is 0. The molecule has 110 valence electrons. The molecule has 1 N–H and O–H groups in total. The SMILES string of the molecule is O=C(O)C1C=CC(F)(c2ccccc2-c2ccccc2)C=C1. The Morgan fingerprint density at radius 2 is 1.55 bits per heavy atom. The molecular weight excluding hydrogens is 279 g/mol. The van der Waals surface area contributed by atoms with Gasteiger partial charge in [-0.15, -0.1) is 0 Å². The van der Waals surface area contributed by atoms with Crippen molar-refractivity contribution in [3.05, 3.63) is 84.5 Å². The van der Waals surface area contributed by atoms with E-state index in [4.69, 9.17) is 5.11 Å². The molecule has 0 saturated carbocycles. The van der Waals surface area contributed by atoms with E-state index in [-0.39, 0.29) is 0 Å². The van der Waals surface area contributed by atoms with Gasteiger partial charge in [0.1, 0.15) is 0 Å². The Bertz CT molecular complexity index is 733. The average Bonchev–Trinajstić information content (AvgIpc) is 2.56. The summed E-state index contributed by atoms with van der Waals surface area (Å²) in [5.41, 5.74) is 0.446. The maximum absolute atomic E-state index is 15.3. The Kier molecular flexibility index (Phi) is 3.63.